The fraction of sp³-hybridized carbons (Fsp3) is 0.588. The van der Waals surface area contributed by atoms with Crippen molar-refractivity contribution in [2.45, 2.75) is 53.4 Å². The van der Waals surface area contributed by atoms with Gasteiger partial charge in [0.15, 0.2) is 0 Å². The molecule has 3 N–H and O–H groups in total. The van der Waals surface area contributed by atoms with Crippen LogP contribution in [0.25, 0.3) is 0 Å². The van der Waals surface area contributed by atoms with Gasteiger partial charge in [-0.3, -0.25) is 0 Å². The van der Waals surface area contributed by atoms with E-state index in [1.807, 2.05) is 13.8 Å². The van der Waals surface area contributed by atoms with Gasteiger partial charge in [0.25, 0.3) is 0 Å². The van der Waals surface area contributed by atoms with E-state index < -0.39 is 0 Å². The summed E-state index contributed by atoms with van der Waals surface area (Å²) in [4.78, 5) is 0. The van der Waals surface area contributed by atoms with Gasteiger partial charge < -0.3 is 15.7 Å². The summed E-state index contributed by atoms with van der Waals surface area (Å²) < 4.78 is 5.89. The van der Waals surface area contributed by atoms with E-state index in [2.05, 4.69) is 44.1 Å². The minimum Gasteiger partial charge on any atom is -0.493 e. The molecule has 1 aromatic carbocycles. The molecule has 0 fully saturated rings. The van der Waals surface area contributed by atoms with Crippen molar-refractivity contribution in [2.24, 2.45) is 16.3 Å². The predicted molar refractivity (Wildman–Crippen MR) is 87.2 cm³/mol. The van der Waals surface area contributed by atoms with E-state index in [-0.39, 0.29) is 11.3 Å². The second kappa shape index (κ2) is 7.34. The predicted octanol–water partition coefficient (Wildman–Crippen LogP) is 4.05. The van der Waals surface area contributed by atoms with Gasteiger partial charge in [-0.2, -0.15) is 0 Å². The maximum atomic E-state index is 8.76. The van der Waals surface area contributed by atoms with Crippen molar-refractivity contribution < 1.29 is 9.94 Å². The molecule has 0 aliphatic heterocycles. The minimum atomic E-state index is -0.313. The molecule has 0 unspecified atom stereocenters. The number of hydrogen-bond acceptors (Lipinski definition) is 3. The SMILES string of the molecule is Cc1ccc(C(C)C)cc1OCCCC(C)(C)C(N)=NO. The van der Waals surface area contributed by atoms with Crippen LogP contribution in [0.3, 0.4) is 0 Å². The summed E-state index contributed by atoms with van der Waals surface area (Å²) in [5, 5.41) is 11.9. The quantitative estimate of drug-likeness (QED) is 0.262. The average Bonchev–Trinajstić information content (AvgIpc) is 2.43. The van der Waals surface area contributed by atoms with E-state index >= 15 is 0 Å². The molecule has 4 heteroatoms. The summed E-state index contributed by atoms with van der Waals surface area (Å²) in [6.07, 6.45) is 1.67. The zero-order chi connectivity index (χ0) is 16.0. The van der Waals surface area contributed by atoms with Crippen LogP contribution in [0.5, 0.6) is 5.75 Å². The first-order valence-electron chi connectivity index (χ1n) is 7.49. The highest BCUT2D eigenvalue weighted by molar-refractivity contribution is 5.85. The molecule has 1 aromatic rings. The van der Waals surface area contributed by atoms with Gasteiger partial charge in [0, 0.05) is 5.41 Å². The van der Waals surface area contributed by atoms with Crippen LogP contribution in [0.15, 0.2) is 23.4 Å². The summed E-state index contributed by atoms with van der Waals surface area (Å²) in [7, 11) is 0. The van der Waals surface area contributed by atoms with E-state index in [1.54, 1.807) is 0 Å². The Balaban J connectivity index is 2.55. The first-order valence-corrected chi connectivity index (χ1v) is 7.49. The summed E-state index contributed by atoms with van der Waals surface area (Å²) in [6.45, 7) is 11.0. The number of nitrogens with two attached hydrogens (primary N) is 1. The Kier molecular flexibility index (Phi) is 6.06. The number of hydrogen-bond donors (Lipinski definition) is 2. The summed E-state index contributed by atoms with van der Waals surface area (Å²) in [5.41, 5.74) is 7.80. The third-order valence-electron chi connectivity index (χ3n) is 3.88. The molecule has 0 radical (unpaired) electrons. The number of amidine groups is 1. The molecule has 0 spiro atoms. The fourth-order valence-corrected chi connectivity index (χ4v) is 2.09. The molecule has 118 valence electrons. The number of rotatable bonds is 7. The Morgan fingerprint density at radius 3 is 2.62 bits per heavy atom. The van der Waals surface area contributed by atoms with Gasteiger partial charge in [-0.1, -0.05) is 45.0 Å². The summed E-state index contributed by atoms with van der Waals surface area (Å²) in [6, 6.07) is 6.37. The van der Waals surface area contributed by atoms with Crippen molar-refractivity contribution in [2.75, 3.05) is 6.61 Å². The lowest BCUT2D eigenvalue weighted by Crippen LogP contribution is -2.32. The van der Waals surface area contributed by atoms with Crippen LogP contribution in [0, 0.1) is 12.3 Å². The Labute approximate surface area is 128 Å². The number of ether oxygens (including phenoxy) is 1. The molecule has 0 aromatic heterocycles. The highest BCUT2D eigenvalue weighted by Crippen LogP contribution is 2.26. The zero-order valence-corrected chi connectivity index (χ0v) is 13.8. The average molecular weight is 292 g/mol. The largest absolute Gasteiger partial charge is 0.493 e. The lowest BCUT2D eigenvalue weighted by molar-refractivity contribution is 0.276. The second-order valence-electron chi connectivity index (χ2n) is 6.50. The lowest BCUT2D eigenvalue weighted by atomic mass is 9.87. The third-order valence-corrected chi connectivity index (χ3v) is 3.88. The molecular weight excluding hydrogens is 264 g/mol. The third kappa shape index (κ3) is 4.96. The number of aryl methyl sites for hydroxylation is 1. The minimum absolute atomic E-state index is 0.264. The van der Waals surface area contributed by atoms with Gasteiger partial charge in [-0.05, 0) is 42.9 Å². The molecule has 21 heavy (non-hydrogen) atoms. The van der Waals surface area contributed by atoms with Gasteiger partial charge in [-0.15, -0.1) is 0 Å². The molecular formula is C17H28N2O2. The van der Waals surface area contributed by atoms with E-state index in [0.717, 1.165) is 24.2 Å². The lowest BCUT2D eigenvalue weighted by Gasteiger charge is -2.22. The fourth-order valence-electron chi connectivity index (χ4n) is 2.09. The summed E-state index contributed by atoms with van der Waals surface area (Å²) in [5.74, 6) is 1.70. The molecule has 0 heterocycles. The van der Waals surface area contributed by atoms with Crippen molar-refractivity contribution in [1.29, 1.82) is 0 Å². The van der Waals surface area contributed by atoms with Gasteiger partial charge in [0.2, 0.25) is 0 Å². The maximum Gasteiger partial charge on any atom is 0.144 e. The van der Waals surface area contributed by atoms with Crippen molar-refractivity contribution in [3.05, 3.63) is 29.3 Å². The van der Waals surface area contributed by atoms with Gasteiger partial charge in [0.1, 0.15) is 11.6 Å². The first-order chi connectivity index (χ1) is 9.77. The van der Waals surface area contributed by atoms with Gasteiger partial charge in [0.05, 0.1) is 6.61 Å². The molecule has 0 saturated carbocycles. The molecule has 0 bridgehead atoms. The van der Waals surface area contributed by atoms with Crippen molar-refractivity contribution in [1.82, 2.24) is 0 Å². The van der Waals surface area contributed by atoms with Crippen molar-refractivity contribution >= 4 is 5.84 Å². The standard InChI is InChI=1S/C17H28N2O2/c1-12(2)14-8-7-13(3)15(11-14)21-10-6-9-17(4,5)16(18)19-20/h7-8,11-12,20H,6,9-10H2,1-5H3,(H2,18,19). The molecule has 0 atom stereocenters. The molecule has 0 aliphatic rings. The number of benzene rings is 1. The van der Waals surface area contributed by atoms with Crippen LogP contribution in [0.4, 0.5) is 0 Å². The monoisotopic (exact) mass is 292 g/mol. The summed E-state index contributed by atoms with van der Waals surface area (Å²) >= 11 is 0. The molecule has 4 nitrogen and oxygen atoms in total. The Bertz CT molecular complexity index is 494. The van der Waals surface area contributed by atoms with E-state index in [9.17, 15) is 0 Å². The van der Waals surface area contributed by atoms with Crippen LogP contribution in [0.2, 0.25) is 0 Å². The van der Waals surface area contributed by atoms with E-state index in [0.29, 0.717) is 12.5 Å². The normalized spacial score (nSPS) is 12.8. The maximum absolute atomic E-state index is 8.76. The Morgan fingerprint density at radius 2 is 2.05 bits per heavy atom. The molecule has 0 amide bonds. The Hall–Kier alpha value is -1.71. The van der Waals surface area contributed by atoms with Crippen LogP contribution in [-0.2, 0) is 0 Å². The van der Waals surface area contributed by atoms with Crippen LogP contribution < -0.4 is 10.5 Å². The second-order valence-corrected chi connectivity index (χ2v) is 6.50. The highest BCUT2D eigenvalue weighted by Gasteiger charge is 2.22. The van der Waals surface area contributed by atoms with E-state index in [1.165, 1.54) is 5.56 Å². The van der Waals surface area contributed by atoms with Gasteiger partial charge in [-0.25, -0.2) is 0 Å². The van der Waals surface area contributed by atoms with Crippen LogP contribution in [0.1, 0.15) is 57.6 Å². The first kappa shape index (κ1) is 17.3. The molecule has 0 aliphatic carbocycles. The van der Waals surface area contributed by atoms with Gasteiger partial charge >= 0.3 is 0 Å². The molecule has 0 saturated heterocycles. The van der Waals surface area contributed by atoms with Crippen LogP contribution >= 0.6 is 0 Å². The smallest absolute Gasteiger partial charge is 0.144 e. The van der Waals surface area contributed by atoms with E-state index in [4.69, 9.17) is 15.7 Å². The van der Waals surface area contributed by atoms with Crippen molar-refractivity contribution in [3.8, 4) is 5.75 Å². The van der Waals surface area contributed by atoms with Crippen molar-refractivity contribution in [3.63, 3.8) is 0 Å². The number of nitrogens with zero attached hydrogens (tertiary/aromatic N) is 1. The Morgan fingerprint density at radius 1 is 1.38 bits per heavy atom. The number of oxime groups is 1. The zero-order valence-electron chi connectivity index (χ0n) is 13.8. The topological polar surface area (TPSA) is 67.8 Å². The highest BCUT2D eigenvalue weighted by atomic mass is 16.5. The molecule has 1 rings (SSSR count). The van der Waals surface area contributed by atoms with Crippen LogP contribution in [-0.4, -0.2) is 17.6 Å².